The van der Waals surface area contributed by atoms with Crippen LogP contribution in [0.2, 0.25) is 0 Å². The Hall–Kier alpha value is -2.38. The lowest BCUT2D eigenvalue weighted by atomic mass is 9.80. The van der Waals surface area contributed by atoms with Crippen molar-refractivity contribution in [1.29, 1.82) is 0 Å². The van der Waals surface area contributed by atoms with Crippen LogP contribution in [0.4, 0.5) is 0 Å². The molecule has 114 valence electrons. The monoisotopic (exact) mass is 300 g/mol. The Labute approximate surface area is 137 Å². The van der Waals surface area contributed by atoms with Crippen LogP contribution in [-0.2, 0) is 16.8 Å². The first-order valence-corrected chi connectivity index (χ1v) is 8.21. The first-order valence-electron chi connectivity index (χ1n) is 8.21. The number of fused-ring (bicyclic) bond motifs is 2. The summed E-state index contributed by atoms with van der Waals surface area (Å²) >= 11 is 0. The van der Waals surface area contributed by atoms with E-state index in [-0.39, 0.29) is 5.60 Å². The van der Waals surface area contributed by atoms with E-state index in [1.807, 2.05) is 0 Å². The fraction of sp³-hybridized carbons (Fsp3) is 0.182. The molecule has 0 saturated carbocycles. The lowest BCUT2D eigenvalue weighted by Gasteiger charge is -2.34. The minimum Gasteiger partial charge on any atom is -0.366 e. The van der Waals surface area contributed by atoms with Gasteiger partial charge in [0.05, 0.1) is 0 Å². The molecular formula is C22H20O. The first kappa shape index (κ1) is 14.2. The summed E-state index contributed by atoms with van der Waals surface area (Å²) in [4.78, 5) is 0. The molecule has 0 bridgehead atoms. The van der Waals surface area contributed by atoms with Gasteiger partial charge in [-0.2, -0.15) is 0 Å². The number of benzene rings is 3. The van der Waals surface area contributed by atoms with E-state index in [0.717, 1.165) is 6.42 Å². The number of hydrogen-bond acceptors (Lipinski definition) is 1. The van der Waals surface area contributed by atoms with Crippen LogP contribution in [0.5, 0.6) is 0 Å². The smallest absolute Gasteiger partial charge is 0.116 e. The van der Waals surface area contributed by atoms with Crippen LogP contribution in [0.25, 0.3) is 16.8 Å². The molecule has 0 N–H and O–H groups in total. The summed E-state index contributed by atoms with van der Waals surface area (Å²) in [6.07, 6.45) is 5.32. The highest BCUT2D eigenvalue weighted by Crippen LogP contribution is 2.38. The van der Waals surface area contributed by atoms with Crippen LogP contribution in [0.1, 0.15) is 23.6 Å². The minimum atomic E-state index is -0.356. The lowest BCUT2D eigenvalue weighted by molar-refractivity contribution is -0.00482. The average molecular weight is 300 g/mol. The molecule has 1 unspecified atom stereocenters. The summed E-state index contributed by atoms with van der Waals surface area (Å²) in [6.45, 7) is 2.76. The van der Waals surface area contributed by atoms with Gasteiger partial charge in [-0.25, -0.2) is 0 Å². The Morgan fingerprint density at radius 1 is 0.913 bits per heavy atom. The van der Waals surface area contributed by atoms with Crippen LogP contribution in [0.15, 0.2) is 72.8 Å². The van der Waals surface area contributed by atoms with Gasteiger partial charge in [-0.3, -0.25) is 0 Å². The van der Waals surface area contributed by atoms with Crippen LogP contribution >= 0.6 is 0 Å². The molecule has 0 spiro atoms. The standard InChI is InChI=1S/C22H20O/c1-2-23-22(21-10-4-3-5-11-21)13-12-19-14-17-8-6-7-9-18(17)15-20(19)16-22/h3-15H,2,16H2,1H3. The fourth-order valence-electron chi connectivity index (χ4n) is 3.54. The van der Waals surface area contributed by atoms with Crippen molar-refractivity contribution in [1.82, 2.24) is 0 Å². The summed E-state index contributed by atoms with van der Waals surface area (Å²) in [5.74, 6) is 0. The van der Waals surface area contributed by atoms with E-state index in [1.165, 1.54) is 27.5 Å². The Morgan fingerprint density at radius 2 is 1.61 bits per heavy atom. The topological polar surface area (TPSA) is 9.23 Å². The molecule has 0 heterocycles. The number of rotatable bonds is 3. The Kier molecular flexibility index (Phi) is 3.51. The largest absolute Gasteiger partial charge is 0.366 e. The average Bonchev–Trinajstić information content (AvgIpc) is 2.61. The molecular weight excluding hydrogens is 280 g/mol. The van der Waals surface area contributed by atoms with Gasteiger partial charge in [0, 0.05) is 13.0 Å². The molecule has 0 radical (unpaired) electrons. The van der Waals surface area contributed by atoms with Crippen LogP contribution in [0, 0.1) is 0 Å². The van der Waals surface area contributed by atoms with Gasteiger partial charge in [-0.15, -0.1) is 0 Å². The molecule has 1 heteroatoms. The van der Waals surface area contributed by atoms with E-state index in [9.17, 15) is 0 Å². The van der Waals surface area contributed by atoms with Crippen molar-refractivity contribution in [3.8, 4) is 0 Å². The highest BCUT2D eigenvalue weighted by molar-refractivity contribution is 5.86. The molecule has 0 aromatic heterocycles. The summed E-state index contributed by atoms with van der Waals surface area (Å²) in [5.41, 5.74) is 3.52. The predicted molar refractivity (Wildman–Crippen MR) is 96.4 cm³/mol. The zero-order valence-corrected chi connectivity index (χ0v) is 13.3. The Balaban J connectivity index is 1.84. The van der Waals surface area contributed by atoms with Crippen molar-refractivity contribution in [3.05, 3.63) is 89.5 Å². The van der Waals surface area contributed by atoms with Crippen molar-refractivity contribution in [2.75, 3.05) is 6.61 Å². The van der Waals surface area contributed by atoms with Crippen LogP contribution in [0.3, 0.4) is 0 Å². The van der Waals surface area contributed by atoms with Crippen LogP contribution in [-0.4, -0.2) is 6.61 Å². The molecule has 0 aliphatic heterocycles. The maximum absolute atomic E-state index is 6.24. The molecule has 1 atom stereocenters. The van der Waals surface area contributed by atoms with Crippen molar-refractivity contribution >= 4 is 16.8 Å². The Bertz CT molecular complexity index is 864. The van der Waals surface area contributed by atoms with Crippen molar-refractivity contribution < 1.29 is 4.74 Å². The molecule has 1 nitrogen and oxygen atoms in total. The van der Waals surface area contributed by atoms with Gasteiger partial charge < -0.3 is 4.74 Å². The molecule has 0 saturated heterocycles. The fourth-order valence-corrected chi connectivity index (χ4v) is 3.54. The van der Waals surface area contributed by atoms with Gasteiger partial charge in [0.2, 0.25) is 0 Å². The van der Waals surface area contributed by atoms with Crippen molar-refractivity contribution in [3.63, 3.8) is 0 Å². The highest BCUT2D eigenvalue weighted by Gasteiger charge is 2.33. The molecule has 4 rings (SSSR count). The quantitative estimate of drug-likeness (QED) is 0.634. The van der Waals surface area contributed by atoms with Crippen molar-refractivity contribution in [2.45, 2.75) is 18.9 Å². The van der Waals surface area contributed by atoms with Gasteiger partial charge in [0.25, 0.3) is 0 Å². The SMILES string of the molecule is CCOC1(c2ccccc2)C=Cc2cc3ccccc3cc2C1. The second kappa shape index (κ2) is 5.68. The minimum absolute atomic E-state index is 0.356. The molecule has 1 aliphatic rings. The van der Waals surface area contributed by atoms with E-state index in [1.54, 1.807) is 0 Å². The third kappa shape index (κ3) is 2.47. The molecule has 1 aliphatic carbocycles. The lowest BCUT2D eigenvalue weighted by Crippen LogP contribution is -2.32. The van der Waals surface area contributed by atoms with Gasteiger partial charge in [-0.05, 0) is 46.5 Å². The highest BCUT2D eigenvalue weighted by atomic mass is 16.5. The van der Waals surface area contributed by atoms with Gasteiger partial charge >= 0.3 is 0 Å². The van der Waals surface area contributed by atoms with E-state index in [2.05, 4.69) is 85.8 Å². The van der Waals surface area contributed by atoms with Crippen molar-refractivity contribution in [2.24, 2.45) is 0 Å². The summed E-state index contributed by atoms with van der Waals surface area (Å²) in [6, 6.07) is 23.7. The zero-order chi connectivity index (χ0) is 15.7. The van der Waals surface area contributed by atoms with Gasteiger partial charge in [0.15, 0.2) is 0 Å². The van der Waals surface area contributed by atoms with Gasteiger partial charge in [-0.1, -0.05) is 66.7 Å². The molecule has 3 aromatic carbocycles. The predicted octanol–water partition coefficient (Wildman–Crippen LogP) is 5.34. The summed E-state index contributed by atoms with van der Waals surface area (Å²) in [7, 11) is 0. The van der Waals surface area contributed by atoms with Crippen LogP contribution < -0.4 is 0 Å². The summed E-state index contributed by atoms with van der Waals surface area (Å²) in [5, 5.41) is 2.58. The molecule has 23 heavy (non-hydrogen) atoms. The maximum atomic E-state index is 6.24. The summed E-state index contributed by atoms with van der Waals surface area (Å²) < 4.78 is 6.24. The Morgan fingerprint density at radius 3 is 2.35 bits per heavy atom. The number of ether oxygens (including phenoxy) is 1. The van der Waals surface area contributed by atoms with E-state index < -0.39 is 0 Å². The normalized spacial score (nSPS) is 19.7. The molecule has 0 amide bonds. The van der Waals surface area contributed by atoms with E-state index in [4.69, 9.17) is 4.74 Å². The third-order valence-electron chi connectivity index (χ3n) is 4.66. The maximum Gasteiger partial charge on any atom is 0.116 e. The van der Waals surface area contributed by atoms with E-state index in [0.29, 0.717) is 6.61 Å². The first-order chi connectivity index (χ1) is 11.3. The molecule has 3 aromatic rings. The third-order valence-corrected chi connectivity index (χ3v) is 4.66. The zero-order valence-electron chi connectivity index (χ0n) is 13.3. The van der Waals surface area contributed by atoms with Gasteiger partial charge in [0.1, 0.15) is 5.60 Å². The van der Waals surface area contributed by atoms with E-state index >= 15 is 0 Å². The molecule has 0 fully saturated rings. The second-order valence-corrected chi connectivity index (χ2v) is 6.10. The number of hydrogen-bond donors (Lipinski definition) is 0. The second-order valence-electron chi connectivity index (χ2n) is 6.10.